The van der Waals surface area contributed by atoms with Crippen LogP contribution < -0.4 is 10.6 Å². The summed E-state index contributed by atoms with van der Waals surface area (Å²) in [5.41, 5.74) is 0. The highest BCUT2D eigenvalue weighted by molar-refractivity contribution is 5.79. The van der Waals surface area contributed by atoms with E-state index in [0.717, 1.165) is 51.3 Å². The summed E-state index contributed by atoms with van der Waals surface area (Å²) in [6.45, 7) is 14.0. The largest absolute Gasteiger partial charge is 0.380 e. The quantitative estimate of drug-likeness (QED) is 0.401. The van der Waals surface area contributed by atoms with Gasteiger partial charge in [0.05, 0.1) is 13.2 Å². The zero-order chi connectivity index (χ0) is 14.6. The second-order valence-electron chi connectivity index (χ2n) is 5.41. The van der Waals surface area contributed by atoms with Crippen LogP contribution in [0.25, 0.3) is 0 Å². The van der Waals surface area contributed by atoms with E-state index in [1.165, 1.54) is 25.9 Å². The maximum atomic E-state index is 5.32. The predicted octanol–water partition coefficient (Wildman–Crippen LogP) is 1.31. The lowest BCUT2D eigenvalue weighted by Gasteiger charge is -2.29. The zero-order valence-corrected chi connectivity index (χ0v) is 13.5. The number of likely N-dealkylation sites (tertiary alicyclic amines) is 1. The lowest BCUT2D eigenvalue weighted by Crippen LogP contribution is -2.40. The van der Waals surface area contributed by atoms with Gasteiger partial charge >= 0.3 is 0 Å². The Balaban J connectivity index is 2.20. The van der Waals surface area contributed by atoms with Gasteiger partial charge in [0.15, 0.2) is 5.96 Å². The Labute approximate surface area is 124 Å². The Morgan fingerprint density at radius 1 is 1.25 bits per heavy atom. The molecule has 1 rings (SSSR count). The van der Waals surface area contributed by atoms with Crippen LogP contribution in [0.4, 0.5) is 0 Å². The second kappa shape index (κ2) is 10.9. The molecule has 0 unspecified atom stereocenters. The number of nitrogens with one attached hydrogen (secondary N) is 2. The normalized spacial score (nSPS) is 18.2. The highest BCUT2D eigenvalue weighted by Gasteiger charge is 2.14. The average molecular weight is 284 g/mol. The Morgan fingerprint density at radius 3 is 2.65 bits per heavy atom. The molecule has 0 atom stereocenters. The van der Waals surface area contributed by atoms with E-state index >= 15 is 0 Å². The number of ether oxygens (including phenoxy) is 1. The van der Waals surface area contributed by atoms with Crippen molar-refractivity contribution in [1.29, 1.82) is 0 Å². The molecule has 20 heavy (non-hydrogen) atoms. The fourth-order valence-electron chi connectivity index (χ4n) is 2.32. The van der Waals surface area contributed by atoms with Crippen molar-refractivity contribution in [2.75, 3.05) is 52.5 Å². The van der Waals surface area contributed by atoms with Crippen molar-refractivity contribution < 1.29 is 4.74 Å². The third kappa shape index (κ3) is 7.70. The molecule has 0 saturated carbocycles. The van der Waals surface area contributed by atoms with Crippen LogP contribution >= 0.6 is 0 Å². The molecule has 0 spiro atoms. The molecule has 0 aromatic heterocycles. The van der Waals surface area contributed by atoms with Gasteiger partial charge in [-0.05, 0) is 45.7 Å². The molecule has 0 aliphatic carbocycles. The number of rotatable bonds is 8. The Bertz CT molecular complexity index is 263. The van der Waals surface area contributed by atoms with Gasteiger partial charge in [-0.2, -0.15) is 0 Å². The van der Waals surface area contributed by atoms with E-state index < -0.39 is 0 Å². The van der Waals surface area contributed by atoms with Crippen molar-refractivity contribution in [3.05, 3.63) is 0 Å². The summed E-state index contributed by atoms with van der Waals surface area (Å²) in [7, 11) is 0. The van der Waals surface area contributed by atoms with Crippen LogP contribution in [0.1, 0.15) is 33.6 Å². The monoisotopic (exact) mass is 284 g/mol. The molecule has 2 N–H and O–H groups in total. The highest BCUT2D eigenvalue weighted by Crippen LogP contribution is 2.15. The number of aliphatic imine (C=N–C) groups is 1. The van der Waals surface area contributed by atoms with Crippen molar-refractivity contribution >= 4 is 5.96 Å². The summed E-state index contributed by atoms with van der Waals surface area (Å²) in [4.78, 5) is 7.14. The first-order valence-corrected chi connectivity index (χ1v) is 8.08. The van der Waals surface area contributed by atoms with Gasteiger partial charge in [-0.3, -0.25) is 4.99 Å². The molecular formula is C15H32N4O. The molecule has 1 aliphatic heterocycles. The Kier molecular flexibility index (Phi) is 9.41. The van der Waals surface area contributed by atoms with E-state index in [2.05, 4.69) is 34.4 Å². The molecular weight excluding hydrogens is 252 g/mol. The van der Waals surface area contributed by atoms with Crippen LogP contribution in [0.5, 0.6) is 0 Å². The van der Waals surface area contributed by atoms with Gasteiger partial charge in [0, 0.05) is 26.2 Å². The molecule has 0 radical (unpaired) electrons. The third-order valence-electron chi connectivity index (χ3n) is 3.65. The standard InChI is InChI=1S/C15H32N4O/c1-4-16-15(18-9-13-20-5-2)17-8-12-19-10-6-14(3)7-11-19/h14H,4-13H2,1-3H3,(H2,16,17,18). The van der Waals surface area contributed by atoms with Crippen LogP contribution in [-0.4, -0.2) is 63.3 Å². The molecule has 0 bridgehead atoms. The lowest BCUT2D eigenvalue weighted by molar-refractivity contribution is 0.152. The summed E-state index contributed by atoms with van der Waals surface area (Å²) < 4.78 is 5.32. The molecule has 118 valence electrons. The average Bonchev–Trinajstić information content (AvgIpc) is 2.45. The van der Waals surface area contributed by atoms with Gasteiger partial charge in [0.2, 0.25) is 0 Å². The van der Waals surface area contributed by atoms with Gasteiger partial charge in [-0.15, -0.1) is 0 Å². The number of guanidine groups is 1. The molecule has 0 amide bonds. The van der Waals surface area contributed by atoms with Crippen LogP contribution in [-0.2, 0) is 4.74 Å². The highest BCUT2D eigenvalue weighted by atomic mass is 16.5. The summed E-state index contributed by atoms with van der Waals surface area (Å²) in [6, 6.07) is 0. The number of hydrogen-bond donors (Lipinski definition) is 2. The molecule has 1 heterocycles. The van der Waals surface area contributed by atoms with Crippen molar-refractivity contribution in [1.82, 2.24) is 15.5 Å². The predicted molar refractivity (Wildman–Crippen MR) is 85.3 cm³/mol. The first-order valence-electron chi connectivity index (χ1n) is 8.08. The minimum absolute atomic E-state index is 0.727. The Morgan fingerprint density at radius 2 is 2.00 bits per heavy atom. The minimum atomic E-state index is 0.727. The number of hydrogen-bond acceptors (Lipinski definition) is 3. The van der Waals surface area contributed by atoms with Crippen molar-refractivity contribution in [2.45, 2.75) is 33.6 Å². The minimum Gasteiger partial charge on any atom is -0.380 e. The van der Waals surface area contributed by atoms with E-state index in [1.54, 1.807) is 0 Å². The topological polar surface area (TPSA) is 48.9 Å². The van der Waals surface area contributed by atoms with Crippen molar-refractivity contribution in [3.63, 3.8) is 0 Å². The van der Waals surface area contributed by atoms with E-state index in [9.17, 15) is 0 Å². The second-order valence-corrected chi connectivity index (χ2v) is 5.41. The van der Waals surface area contributed by atoms with E-state index in [-0.39, 0.29) is 0 Å². The maximum Gasteiger partial charge on any atom is 0.191 e. The number of piperidine rings is 1. The fourth-order valence-corrected chi connectivity index (χ4v) is 2.32. The zero-order valence-electron chi connectivity index (χ0n) is 13.5. The van der Waals surface area contributed by atoms with Crippen LogP contribution in [0.2, 0.25) is 0 Å². The van der Waals surface area contributed by atoms with Crippen LogP contribution in [0.3, 0.4) is 0 Å². The van der Waals surface area contributed by atoms with Gasteiger partial charge < -0.3 is 20.3 Å². The summed E-state index contributed by atoms with van der Waals surface area (Å²) >= 11 is 0. The van der Waals surface area contributed by atoms with E-state index in [1.807, 2.05) is 6.92 Å². The molecule has 0 aromatic rings. The van der Waals surface area contributed by atoms with Gasteiger partial charge in [-0.25, -0.2) is 0 Å². The van der Waals surface area contributed by atoms with Crippen molar-refractivity contribution in [2.24, 2.45) is 10.9 Å². The fraction of sp³-hybridized carbons (Fsp3) is 0.933. The smallest absolute Gasteiger partial charge is 0.191 e. The van der Waals surface area contributed by atoms with Crippen LogP contribution in [0.15, 0.2) is 4.99 Å². The summed E-state index contributed by atoms with van der Waals surface area (Å²) in [6.07, 6.45) is 2.66. The van der Waals surface area contributed by atoms with Crippen LogP contribution in [0, 0.1) is 5.92 Å². The van der Waals surface area contributed by atoms with Gasteiger partial charge in [0.1, 0.15) is 0 Å². The molecule has 0 aromatic carbocycles. The maximum absolute atomic E-state index is 5.32. The first kappa shape index (κ1) is 17.2. The van der Waals surface area contributed by atoms with Gasteiger partial charge in [-0.1, -0.05) is 6.92 Å². The Hall–Kier alpha value is -0.810. The third-order valence-corrected chi connectivity index (χ3v) is 3.65. The molecule has 1 fully saturated rings. The van der Waals surface area contributed by atoms with E-state index in [4.69, 9.17) is 4.74 Å². The molecule has 1 aliphatic rings. The lowest BCUT2D eigenvalue weighted by atomic mass is 9.99. The van der Waals surface area contributed by atoms with Crippen molar-refractivity contribution in [3.8, 4) is 0 Å². The van der Waals surface area contributed by atoms with Gasteiger partial charge in [0.25, 0.3) is 0 Å². The van der Waals surface area contributed by atoms with E-state index in [0.29, 0.717) is 0 Å². The number of nitrogens with zero attached hydrogens (tertiary/aromatic N) is 2. The summed E-state index contributed by atoms with van der Waals surface area (Å²) in [5.74, 6) is 1.80. The SMILES string of the molecule is CCNC(=NCCN1CCC(C)CC1)NCCOCC. The summed E-state index contributed by atoms with van der Waals surface area (Å²) in [5, 5.41) is 6.56. The molecule has 5 heteroatoms. The first-order chi connectivity index (χ1) is 9.76. The molecule has 5 nitrogen and oxygen atoms in total. The molecule has 1 saturated heterocycles.